The first-order chi connectivity index (χ1) is 14.9. The second-order valence-corrected chi connectivity index (χ2v) is 8.09. The molecule has 0 fully saturated rings. The Morgan fingerprint density at radius 1 is 1.35 bits per heavy atom. The van der Waals surface area contributed by atoms with E-state index in [1.54, 1.807) is 32.0 Å². The molecular weight excluding hydrogens is 391 g/mol. The van der Waals surface area contributed by atoms with Crippen LogP contribution in [0.5, 0.6) is 5.75 Å². The summed E-state index contributed by atoms with van der Waals surface area (Å²) in [7, 11) is 5.90. The van der Waals surface area contributed by atoms with Crippen molar-refractivity contribution in [3.05, 3.63) is 53.1 Å². The lowest BCUT2D eigenvalue weighted by Crippen LogP contribution is -2.28. The van der Waals surface area contributed by atoms with Crippen molar-refractivity contribution in [3.63, 3.8) is 0 Å². The van der Waals surface area contributed by atoms with Crippen molar-refractivity contribution in [2.24, 2.45) is 0 Å². The van der Waals surface area contributed by atoms with Gasteiger partial charge in [0, 0.05) is 23.7 Å². The molecule has 1 atom stereocenters. The number of rotatable bonds is 7. The Bertz CT molecular complexity index is 1130. The highest BCUT2D eigenvalue weighted by Crippen LogP contribution is 2.37. The largest absolute Gasteiger partial charge is 0.497 e. The number of nitrogens with one attached hydrogen (secondary N) is 1. The Kier molecular flexibility index (Phi) is 5.81. The third kappa shape index (κ3) is 4.48. The summed E-state index contributed by atoms with van der Waals surface area (Å²) < 4.78 is 11.2. The van der Waals surface area contributed by atoms with Crippen LogP contribution in [0.1, 0.15) is 43.0 Å². The van der Waals surface area contributed by atoms with Gasteiger partial charge in [-0.25, -0.2) is 0 Å². The highest BCUT2D eigenvalue weighted by atomic mass is 16.5. The molecule has 31 heavy (non-hydrogen) atoms. The normalized spacial score (nSPS) is 15.5. The van der Waals surface area contributed by atoms with Crippen LogP contribution in [0.4, 0.5) is 0 Å². The standard InChI is InChI=1S/C23H23BN4O3/c1-23(2,24)30-20-9-6-14(12-15(20)13-25)22-27-21(28-31-22)18-5-3-4-17-16(18)7-8-19(17)26-10-11-29/h3-6,9,12,19,26,29H,7-8,10-11H2,1-2H3/t19-/m0/s1. The number of nitriles is 1. The lowest BCUT2D eigenvalue weighted by Gasteiger charge is -2.22. The van der Waals surface area contributed by atoms with E-state index in [2.05, 4.69) is 27.6 Å². The molecule has 0 saturated carbocycles. The highest BCUT2D eigenvalue weighted by Gasteiger charge is 2.26. The minimum atomic E-state index is -0.900. The van der Waals surface area contributed by atoms with Gasteiger partial charge in [0.25, 0.3) is 5.89 Å². The van der Waals surface area contributed by atoms with Crippen molar-refractivity contribution in [2.45, 2.75) is 38.2 Å². The lowest BCUT2D eigenvalue weighted by atomic mass is 9.85. The number of fused-ring (bicyclic) bond motifs is 1. The number of aliphatic hydroxyl groups excluding tert-OH is 1. The van der Waals surface area contributed by atoms with E-state index in [1.807, 2.05) is 12.1 Å². The van der Waals surface area contributed by atoms with Crippen LogP contribution < -0.4 is 10.1 Å². The Labute approximate surface area is 182 Å². The summed E-state index contributed by atoms with van der Waals surface area (Å²) in [6.45, 7) is 4.10. The van der Waals surface area contributed by atoms with Crippen LogP contribution in [0.15, 0.2) is 40.9 Å². The van der Waals surface area contributed by atoms with E-state index in [-0.39, 0.29) is 12.6 Å². The van der Waals surface area contributed by atoms with Gasteiger partial charge in [-0.3, -0.25) is 0 Å². The number of hydrogen-bond donors (Lipinski definition) is 2. The zero-order valence-electron chi connectivity index (χ0n) is 17.6. The molecule has 2 radical (unpaired) electrons. The van der Waals surface area contributed by atoms with Crippen molar-refractivity contribution >= 4 is 7.85 Å². The molecule has 1 aliphatic rings. The smallest absolute Gasteiger partial charge is 0.258 e. The fraction of sp³-hybridized carbons (Fsp3) is 0.348. The predicted octanol–water partition coefficient (Wildman–Crippen LogP) is 3.13. The Hall–Kier alpha value is -3.15. The summed E-state index contributed by atoms with van der Waals surface area (Å²) in [5.74, 6) is 1.24. The fourth-order valence-electron chi connectivity index (χ4n) is 3.89. The molecular formula is C23H23BN4O3. The van der Waals surface area contributed by atoms with Crippen molar-refractivity contribution < 1.29 is 14.4 Å². The van der Waals surface area contributed by atoms with Crippen molar-refractivity contribution in [1.29, 1.82) is 5.26 Å². The fourth-order valence-corrected chi connectivity index (χ4v) is 3.89. The van der Waals surface area contributed by atoms with Crippen LogP contribution >= 0.6 is 0 Å². The van der Waals surface area contributed by atoms with E-state index in [0.29, 0.717) is 35.1 Å². The number of hydrogen-bond acceptors (Lipinski definition) is 7. The molecule has 0 spiro atoms. The summed E-state index contributed by atoms with van der Waals surface area (Å²) in [6.07, 6.45) is 1.86. The number of benzene rings is 2. The summed E-state index contributed by atoms with van der Waals surface area (Å²) in [6, 6.07) is 13.5. The topological polar surface area (TPSA) is 104 Å². The van der Waals surface area contributed by atoms with Crippen LogP contribution in [0, 0.1) is 11.3 Å². The minimum absolute atomic E-state index is 0.108. The number of aromatic nitrogens is 2. The summed E-state index contributed by atoms with van der Waals surface area (Å²) in [5, 5.41) is 26.2. The van der Waals surface area contributed by atoms with Gasteiger partial charge < -0.3 is 19.7 Å². The van der Waals surface area contributed by atoms with E-state index >= 15 is 0 Å². The molecule has 0 bridgehead atoms. The second-order valence-electron chi connectivity index (χ2n) is 8.09. The molecule has 2 aromatic carbocycles. The maximum atomic E-state index is 9.50. The molecule has 1 heterocycles. The van der Waals surface area contributed by atoms with E-state index < -0.39 is 5.50 Å². The minimum Gasteiger partial charge on any atom is -0.497 e. The molecule has 1 aliphatic carbocycles. The molecule has 3 aromatic rings. The van der Waals surface area contributed by atoms with Crippen LogP contribution in [0.2, 0.25) is 0 Å². The predicted molar refractivity (Wildman–Crippen MR) is 116 cm³/mol. The molecule has 4 rings (SSSR count). The van der Waals surface area contributed by atoms with Gasteiger partial charge in [0.2, 0.25) is 5.82 Å². The van der Waals surface area contributed by atoms with Gasteiger partial charge in [-0.15, -0.1) is 0 Å². The number of nitrogens with zero attached hydrogens (tertiary/aromatic N) is 3. The van der Waals surface area contributed by atoms with E-state index in [0.717, 1.165) is 18.4 Å². The summed E-state index contributed by atoms with van der Waals surface area (Å²) >= 11 is 0. The average molecular weight is 414 g/mol. The third-order valence-electron chi connectivity index (χ3n) is 5.16. The first-order valence-corrected chi connectivity index (χ1v) is 10.2. The molecule has 0 saturated heterocycles. The second kappa shape index (κ2) is 8.54. The average Bonchev–Trinajstić information content (AvgIpc) is 3.39. The molecule has 2 N–H and O–H groups in total. The van der Waals surface area contributed by atoms with Gasteiger partial charge in [0.15, 0.2) is 0 Å². The van der Waals surface area contributed by atoms with Crippen LogP contribution in [0.3, 0.4) is 0 Å². The van der Waals surface area contributed by atoms with E-state index in [9.17, 15) is 5.26 Å². The molecule has 0 unspecified atom stereocenters. The van der Waals surface area contributed by atoms with Crippen LogP contribution in [0.25, 0.3) is 22.8 Å². The lowest BCUT2D eigenvalue weighted by molar-refractivity contribution is 0.197. The monoisotopic (exact) mass is 414 g/mol. The molecule has 8 heteroatoms. The Balaban J connectivity index is 1.63. The maximum Gasteiger partial charge on any atom is 0.258 e. The molecule has 0 aliphatic heterocycles. The first kappa shape index (κ1) is 21.1. The van der Waals surface area contributed by atoms with Gasteiger partial charge >= 0.3 is 0 Å². The molecule has 0 amide bonds. The van der Waals surface area contributed by atoms with E-state index in [4.69, 9.17) is 22.2 Å². The third-order valence-corrected chi connectivity index (χ3v) is 5.16. The zero-order valence-corrected chi connectivity index (χ0v) is 17.6. The molecule has 1 aromatic heterocycles. The quantitative estimate of drug-likeness (QED) is 0.573. The first-order valence-electron chi connectivity index (χ1n) is 10.2. The number of aliphatic hydroxyl groups is 1. The van der Waals surface area contributed by atoms with Crippen LogP contribution in [-0.4, -0.2) is 41.7 Å². The summed E-state index contributed by atoms with van der Waals surface area (Å²) in [4.78, 5) is 4.58. The van der Waals surface area contributed by atoms with Crippen LogP contribution in [-0.2, 0) is 6.42 Å². The van der Waals surface area contributed by atoms with Gasteiger partial charge in [-0.2, -0.15) is 10.2 Å². The number of ether oxygens (including phenoxy) is 1. The highest BCUT2D eigenvalue weighted by molar-refractivity contribution is 6.14. The molecule has 7 nitrogen and oxygen atoms in total. The SMILES string of the molecule is [B]C(C)(C)Oc1ccc(-c2nc(-c3cccc4c3CC[C@@H]4NCCO)no2)cc1C#N. The Morgan fingerprint density at radius 3 is 2.94 bits per heavy atom. The molecule has 156 valence electrons. The zero-order chi connectivity index (χ0) is 22.0. The summed E-state index contributed by atoms with van der Waals surface area (Å²) in [5.41, 5.74) is 3.40. The van der Waals surface area contributed by atoms with Gasteiger partial charge in [0.05, 0.1) is 17.7 Å². The van der Waals surface area contributed by atoms with E-state index in [1.165, 1.54) is 11.1 Å². The van der Waals surface area contributed by atoms with Crippen molar-refractivity contribution in [1.82, 2.24) is 15.5 Å². The van der Waals surface area contributed by atoms with Gasteiger partial charge in [-0.1, -0.05) is 23.4 Å². The maximum absolute atomic E-state index is 9.50. The van der Waals surface area contributed by atoms with Crippen molar-refractivity contribution in [3.8, 4) is 34.7 Å². The Morgan fingerprint density at radius 2 is 2.19 bits per heavy atom. The van der Waals surface area contributed by atoms with Gasteiger partial charge in [-0.05, 0) is 56.0 Å². The van der Waals surface area contributed by atoms with Gasteiger partial charge in [0.1, 0.15) is 19.7 Å². The van der Waals surface area contributed by atoms with Crippen molar-refractivity contribution in [2.75, 3.05) is 13.2 Å².